The summed E-state index contributed by atoms with van der Waals surface area (Å²) in [5, 5.41) is 8.70. The van der Waals surface area contributed by atoms with E-state index < -0.39 is 15.8 Å². The molecule has 0 radical (unpaired) electrons. The molecule has 0 spiro atoms. The molecule has 0 aliphatic heterocycles. The predicted molar refractivity (Wildman–Crippen MR) is 77.4 cm³/mol. The van der Waals surface area contributed by atoms with Crippen LogP contribution in [-0.4, -0.2) is 25.7 Å². The second-order valence-corrected chi connectivity index (χ2v) is 6.52. The highest BCUT2D eigenvalue weighted by Crippen LogP contribution is 2.28. The van der Waals surface area contributed by atoms with Crippen LogP contribution in [0.25, 0.3) is 0 Å². The van der Waals surface area contributed by atoms with E-state index in [1.54, 1.807) is 42.5 Å². The minimum atomic E-state index is -3.38. The SMILES string of the molecule is CS(=O)(=O)c1ccccc1Oc1ccc(CC(=O)O)cc1. The Morgan fingerprint density at radius 3 is 2.29 bits per heavy atom. The minimum Gasteiger partial charge on any atom is -0.481 e. The highest BCUT2D eigenvalue weighted by atomic mass is 32.2. The van der Waals surface area contributed by atoms with E-state index in [1.807, 2.05) is 0 Å². The Hall–Kier alpha value is -2.34. The molecule has 21 heavy (non-hydrogen) atoms. The van der Waals surface area contributed by atoms with Crippen molar-refractivity contribution in [3.05, 3.63) is 54.1 Å². The van der Waals surface area contributed by atoms with Gasteiger partial charge in [-0.2, -0.15) is 0 Å². The van der Waals surface area contributed by atoms with Crippen LogP contribution in [-0.2, 0) is 21.1 Å². The molecule has 0 saturated heterocycles. The van der Waals surface area contributed by atoms with Crippen molar-refractivity contribution in [3.63, 3.8) is 0 Å². The Labute approximate surface area is 122 Å². The van der Waals surface area contributed by atoms with Gasteiger partial charge in [0.25, 0.3) is 0 Å². The number of aliphatic carboxylic acids is 1. The second kappa shape index (κ2) is 5.97. The fraction of sp³-hybridized carbons (Fsp3) is 0.133. The van der Waals surface area contributed by atoms with Crippen molar-refractivity contribution in [1.82, 2.24) is 0 Å². The molecule has 0 aliphatic rings. The van der Waals surface area contributed by atoms with E-state index in [1.165, 1.54) is 6.07 Å². The maximum Gasteiger partial charge on any atom is 0.307 e. The number of rotatable bonds is 5. The lowest BCUT2D eigenvalue weighted by Gasteiger charge is -2.10. The van der Waals surface area contributed by atoms with Gasteiger partial charge < -0.3 is 9.84 Å². The van der Waals surface area contributed by atoms with Crippen LogP contribution in [0.5, 0.6) is 11.5 Å². The molecule has 0 amide bonds. The van der Waals surface area contributed by atoms with E-state index in [2.05, 4.69) is 0 Å². The maximum atomic E-state index is 11.7. The number of carbonyl (C=O) groups is 1. The summed E-state index contributed by atoms with van der Waals surface area (Å²) in [5.74, 6) is -0.225. The molecule has 0 aromatic heterocycles. The first-order chi connectivity index (χ1) is 9.86. The van der Waals surface area contributed by atoms with Crippen molar-refractivity contribution < 1.29 is 23.1 Å². The molecule has 0 aliphatic carbocycles. The van der Waals surface area contributed by atoms with E-state index in [9.17, 15) is 13.2 Å². The van der Waals surface area contributed by atoms with Crippen molar-refractivity contribution in [1.29, 1.82) is 0 Å². The molecule has 5 nitrogen and oxygen atoms in total. The molecular formula is C15H14O5S. The Balaban J connectivity index is 2.25. The standard InChI is InChI=1S/C15H14O5S/c1-21(18,19)14-5-3-2-4-13(14)20-12-8-6-11(7-9-12)10-15(16)17/h2-9H,10H2,1H3,(H,16,17). The van der Waals surface area contributed by atoms with Gasteiger partial charge in [-0.05, 0) is 29.8 Å². The summed E-state index contributed by atoms with van der Waals surface area (Å²) in [6.07, 6.45) is 1.05. The third-order valence-corrected chi connectivity index (χ3v) is 3.89. The molecular weight excluding hydrogens is 292 g/mol. The summed E-state index contributed by atoms with van der Waals surface area (Å²) in [6.45, 7) is 0. The van der Waals surface area contributed by atoms with E-state index in [4.69, 9.17) is 9.84 Å². The Bertz CT molecular complexity index is 748. The number of carboxylic acids is 1. The van der Waals surface area contributed by atoms with Crippen molar-refractivity contribution in [2.24, 2.45) is 0 Å². The lowest BCUT2D eigenvalue weighted by molar-refractivity contribution is -0.136. The number of benzene rings is 2. The van der Waals surface area contributed by atoms with E-state index in [-0.39, 0.29) is 17.1 Å². The summed E-state index contributed by atoms with van der Waals surface area (Å²) in [4.78, 5) is 10.7. The first-order valence-corrected chi connectivity index (χ1v) is 8.03. The lowest BCUT2D eigenvalue weighted by atomic mass is 10.1. The summed E-state index contributed by atoms with van der Waals surface area (Å²) in [5.41, 5.74) is 0.645. The van der Waals surface area contributed by atoms with Gasteiger partial charge in [-0.3, -0.25) is 4.79 Å². The van der Waals surface area contributed by atoms with Gasteiger partial charge in [-0.1, -0.05) is 24.3 Å². The summed E-state index contributed by atoms with van der Waals surface area (Å²) in [6, 6.07) is 12.8. The van der Waals surface area contributed by atoms with Gasteiger partial charge in [-0.25, -0.2) is 8.42 Å². The molecule has 0 bridgehead atoms. The zero-order valence-corrected chi connectivity index (χ0v) is 12.1. The van der Waals surface area contributed by atoms with Gasteiger partial charge in [0.15, 0.2) is 9.84 Å². The zero-order valence-electron chi connectivity index (χ0n) is 11.3. The second-order valence-electron chi connectivity index (χ2n) is 4.54. The molecule has 110 valence electrons. The maximum absolute atomic E-state index is 11.7. The molecule has 2 rings (SSSR count). The van der Waals surface area contributed by atoms with E-state index in [0.717, 1.165) is 6.26 Å². The Morgan fingerprint density at radius 1 is 1.10 bits per heavy atom. The summed E-state index contributed by atoms with van der Waals surface area (Å²) >= 11 is 0. The van der Waals surface area contributed by atoms with E-state index in [0.29, 0.717) is 11.3 Å². The minimum absolute atomic E-state index is 0.0692. The third-order valence-electron chi connectivity index (χ3n) is 2.76. The summed E-state index contributed by atoms with van der Waals surface area (Å²) in [7, 11) is -3.38. The number of carboxylic acid groups (broad SMARTS) is 1. The lowest BCUT2D eigenvalue weighted by Crippen LogP contribution is -2.01. The molecule has 0 unspecified atom stereocenters. The average molecular weight is 306 g/mol. The first kappa shape index (κ1) is 15.1. The normalized spacial score (nSPS) is 11.1. The van der Waals surface area contributed by atoms with Gasteiger partial charge >= 0.3 is 5.97 Å². The molecule has 0 heterocycles. The van der Waals surface area contributed by atoms with Crippen molar-refractivity contribution in [2.45, 2.75) is 11.3 Å². The molecule has 0 fully saturated rings. The quantitative estimate of drug-likeness (QED) is 0.918. The molecule has 6 heteroatoms. The predicted octanol–water partition coefficient (Wildman–Crippen LogP) is 2.51. The number of ether oxygens (including phenoxy) is 1. The van der Waals surface area contributed by atoms with Crippen LogP contribution >= 0.6 is 0 Å². The molecule has 2 aromatic carbocycles. The number of hydrogen-bond donors (Lipinski definition) is 1. The van der Waals surface area contributed by atoms with Crippen molar-refractivity contribution >= 4 is 15.8 Å². The monoisotopic (exact) mass is 306 g/mol. The molecule has 2 aromatic rings. The van der Waals surface area contributed by atoms with E-state index >= 15 is 0 Å². The topological polar surface area (TPSA) is 80.7 Å². The largest absolute Gasteiger partial charge is 0.481 e. The molecule has 1 N–H and O–H groups in total. The highest BCUT2D eigenvalue weighted by molar-refractivity contribution is 7.90. The number of sulfone groups is 1. The zero-order chi connectivity index (χ0) is 15.5. The highest BCUT2D eigenvalue weighted by Gasteiger charge is 2.14. The molecule has 0 atom stereocenters. The molecule has 0 saturated carbocycles. The van der Waals surface area contributed by atoms with Crippen molar-refractivity contribution in [3.8, 4) is 11.5 Å². The Kier molecular flexibility index (Phi) is 4.28. The van der Waals surface area contributed by atoms with Gasteiger partial charge in [0, 0.05) is 6.26 Å². The Morgan fingerprint density at radius 2 is 1.71 bits per heavy atom. The third kappa shape index (κ3) is 4.06. The van der Waals surface area contributed by atoms with Crippen LogP contribution in [0, 0.1) is 0 Å². The van der Waals surface area contributed by atoms with Gasteiger partial charge in [0.05, 0.1) is 6.42 Å². The summed E-state index contributed by atoms with van der Waals surface area (Å²) < 4.78 is 28.9. The van der Waals surface area contributed by atoms with Crippen LogP contribution < -0.4 is 4.74 Å². The number of hydrogen-bond acceptors (Lipinski definition) is 4. The van der Waals surface area contributed by atoms with Gasteiger partial charge in [-0.15, -0.1) is 0 Å². The van der Waals surface area contributed by atoms with Crippen LogP contribution in [0.15, 0.2) is 53.4 Å². The average Bonchev–Trinajstić information content (AvgIpc) is 2.40. The van der Waals surface area contributed by atoms with Crippen molar-refractivity contribution in [2.75, 3.05) is 6.26 Å². The number of para-hydroxylation sites is 1. The fourth-order valence-electron chi connectivity index (χ4n) is 1.82. The van der Waals surface area contributed by atoms with Crippen LogP contribution in [0.4, 0.5) is 0 Å². The van der Waals surface area contributed by atoms with Gasteiger partial charge in [0.1, 0.15) is 16.4 Å². The smallest absolute Gasteiger partial charge is 0.307 e. The van der Waals surface area contributed by atoms with Gasteiger partial charge in [0.2, 0.25) is 0 Å². The first-order valence-electron chi connectivity index (χ1n) is 6.14. The van der Waals surface area contributed by atoms with Crippen LogP contribution in [0.3, 0.4) is 0 Å². The van der Waals surface area contributed by atoms with Crippen LogP contribution in [0.2, 0.25) is 0 Å². The van der Waals surface area contributed by atoms with Crippen LogP contribution in [0.1, 0.15) is 5.56 Å². The fourth-order valence-corrected chi connectivity index (χ4v) is 2.62.